The minimum atomic E-state index is -0.124. The van der Waals surface area contributed by atoms with Crippen LogP contribution in [0.25, 0.3) is 0 Å². The second kappa shape index (κ2) is 6.26. The Morgan fingerprint density at radius 1 is 1.56 bits per heavy atom. The molecule has 3 unspecified atom stereocenters. The average molecular weight is 274 g/mol. The van der Waals surface area contributed by atoms with Crippen molar-refractivity contribution in [3.8, 4) is 0 Å². The van der Waals surface area contributed by atoms with Crippen LogP contribution in [0.5, 0.6) is 0 Å². The number of carbonyl (C=O) groups excluding carboxylic acids is 1. The first kappa shape index (κ1) is 14.2. The summed E-state index contributed by atoms with van der Waals surface area (Å²) < 4.78 is 16.1. The maximum Gasteiger partial charge on any atom is 0.306 e. The third kappa shape index (κ3) is 3.62. The van der Waals surface area contributed by atoms with Crippen LogP contribution >= 0.6 is 11.8 Å². The Morgan fingerprint density at radius 2 is 2.39 bits per heavy atom. The number of rotatable bonds is 4. The molecule has 2 aliphatic heterocycles. The average Bonchev–Trinajstić information content (AvgIpc) is 2.77. The molecular formula is C13H22O4S. The fourth-order valence-electron chi connectivity index (χ4n) is 2.66. The number of hydrogen-bond acceptors (Lipinski definition) is 5. The molecule has 0 aliphatic carbocycles. The number of methoxy groups -OCH3 is 1. The number of thioether (sulfide) groups is 1. The van der Waals surface area contributed by atoms with Crippen molar-refractivity contribution in [1.29, 1.82) is 0 Å². The summed E-state index contributed by atoms with van der Waals surface area (Å²) in [6.07, 6.45) is 3.61. The van der Waals surface area contributed by atoms with Gasteiger partial charge in [0, 0.05) is 30.1 Å². The molecule has 2 heterocycles. The highest BCUT2D eigenvalue weighted by Gasteiger charge is 2.41. The first-order chi connectivity index (χ1) is 8.63. The standard InChI is InChI=1S/C13H22O4S/c1-10(7-12(14)15-2)18-11-3-5-17-13(8-11)4-6-16-9-13/h10-11H,3-9H2,1-2H3. The maximum atomic E-state index is 11.2. The van der Waals surface area contributed by atoms with Crippen LogP contribution in [0.3, 0.4) is 0 Å². The highest BCUT2D eigenvalue weighted by molar-refractivity contribution is 8.00. The van der Waals surface area contributed by atoms with E-state index in [9.17, 15) is 4.79 Å². The van der Waals surface area contributed by atoms with Gasteiger partial charge in [0.2, 0.25) is 0 Å². The smallest absolute Gasteiger partial charge is 0.306 e. The molecule has 0 aromatic carbocycles. The predicted molar refractivity (Wildman–Crippen MR) is 70.8 cm³/mol. The molecule has 4 nitrogen and oxygen atoms in total. The molecular weight excluding hydrogens is 252 g/mol. The molecule has 0 amide bonds. The summed E-state index contributed by atoms with van der Waals surface area (Å²) in [6, 6.07) is 0. The van der Waals surface area contributed by atoms with Crippen molar-refractivity contribution in [2.75, 3.05) is 26.9 Å². The molecule has 0 aromatic rings. The van der Waals surface area contributed by atoms with E-state index < -0.39 is 0 Å². The van der Waals surface area contributed by atoms with Gasteiger partial charge in [0.05, 0.1) is 25.7 Å². The Balaban J connectivity index is 1.80. The van der Waals surface area contributed by atoms with Gasteiger partial charge in [0.25, 0.3) is 0 Å². The second-order valence-corrected chi connectivity index (χ2v) is 6.92. The van der Waals surface area contributed by atoms with Crippen LogP contribution in [0.1, 0.15) is 32.6 Å². The third-order valence-electron chi connectivity index (χ3n) is 3.62. The zero-order valence-electron chi connectivity index (χ0n) is 11.1. The molecule has 5 heteroatoms. The third-order valence-corrected chi connectivity index (χ3v) is 5.04. The minimum Gasteiger partial charge on any atom is -0.469 e. The quantitative estimate of drug-likeness (QED) is 0.734. The molecule has 3 atom stereocenters. The zero-order chi connectivity index (χ0) is 13.0. The van der Waals surface area contributed by atoms with Crippen molar-refractivity contribution in [3.63, 3.8) is 0 Å². The Hall–Kier alpha value is -0.260. The normalized spacial score (nSPS) is 33.6. The lowest BCUT2D eigenvalue weighted by Crippen LogP contribution is -2.41. The number of esters is 1. The Morgan fingerprint density at radius 3 is 3.06 bits per heavy atom. The van der Waals surface area contributed by atoms with Gasteiger partial charge in [-0.25, -0.2) is 0 Å². The number of hydrogen-bond donors (Lipinski definition) is 0. The first-order valence-electron chi connectivity index (χ1n) is 6.57. The van der Waals surface area contributed by atoms with E-state index in [1.165, 1.54) is 7.11 Å². The van der Waals surface area contributed by atoms with E-state index in [-0.39, 0.29) is 11.6 Å². The van der Waals surface area contributed by atoms with E-state index in [2.05, 4.69) is 6.92 Å². The minimum absolute atomic E-state index is 0.0408. The molecule has 2 fully saturated rings. The van der Waals surface area contributed by atoms with E-state index in [1.54, 1.807) is 0 Å². The number of ether oxygens (including phenoxy) is 3. The lowest BCUT2D eigenvalue weighted by Gasteiger charge is -2.37. The van der Waals surface area contributed by atoms with Crippen LogP contribution in [0.4, 0.5) is 0 Å². The Labute approximate surface area is 113 Å². The van der Waals surface area contributed by atoms with Crippen LogP contribution < -0.4 is 0 Å². The summed E-state index contributed by atoms with van der Waals surface area (Å²) in [4.78, 5) is 11.2. The molecule has 2 rings (SSSR count). The largest absolute Gasteiger partial charge is 0.469 e. The van der Waals surface area contributed by atoms with E-state index >= 15 is 0 Å². The van der Waals surface area contributed by atoms with Crippen molar-refractivity contribution in [2.24, 2.45) is 0 Å². The van der Waals surface area contributed by atoms with Gasteiger partial charge in [-0.1, -0.05) is 6.92 Å². The van der Waals surface area contributed by atoms with Crippen molar-refractivity contribution in [3.05, 3.63) is 0 Å². The molecule has 0 radical (unpaired) electrons. The van der Waals surface area contributed by atoms with Gasteiger partial charge in [0.15, 0.2) is 0 Å². The van der Waals surface area contributed by atoms with Gasteiger partial charge in [0.1, 0.15) is 0 Å². The summed E-state index contributed by atoms with van der Waals surface area (Å²) >= 11 is 1.89. The second-order valence-electron chi connectivity index (χ2n) is 5.18. The lowest BCUT2D eigenvalue weighted by atomic mass is 9.93. The SMILES string of the molecule is COC(=O)CC(C)SC1CCOC2(CCOC2)C1. The van der Waals surface area contributed by atoms with Gasteiger partial charge >= 0.3 is 5.97 Å². The van der Waals surface area contributed by atoms with Gasteiger partial charge in [-0.05, 0) is 12.8 Å². The molecule has 0 bridgehead atoms. The fraction of sp³-hybridized carbons (Fsp3) is 0.923. The molecule has 1 spiro atoms. The molecule has 104 valence electrons. The molecule has 0 saturated carbocycles. The molecule has 2 aliphatic rings. The zero-order valence-corrected chi connectivity index (χ0v) is 12.0. The van der Waals surface area contributed by atoms with Crippen LogP contribution in [-0.2, 0) is 19.0 Å². The van der Waals surface area contributed by atoms with E-state index in [1.807, 2.05) is 11.8 Å². The Bertz CT molecular complexity index is 289. The molecule has 18 heavy (non-hydrogen) atoms. The van der Waals surface area contributed by atoms with Crippen LogP contribution in [0.15, 0.2) is 0 Å². The van der Waals surface area contributed by atoms with E-state index in [4.69, 9.17) is 14.2 Å². The van der Waals surface area contributed by atoms with Crippen molar-refractivity contribution in [1.82, 2.24) is 0 Å². The van der Waals surface area contributed by atoms with Crippen molar-refractivity contribution < 1.29 is 19.0 Å². The summed E-state index contributed by atoms with van der Waals surface area (Å²) in [7, 11) is 1.44. The number of carbonyl (C=O) groups is 1. The van der Waals surface area contributed by atoms with Crippen LogP contribution in [0, 0.1) is 0 Å². The monoisotopic (exact) mass is 274 g/mol. The van der Waals surface area contributed by atoms with E-state index in [0.29, 0.717) is 16.9 Å². The Kier molecular flexibility index (Phi) is 4.92. The lowest BCUT2D eigenvalue weighted by molar-refractivity contribution is -0.140. The maximum absolute atomic E-state index is 11.2. The van der Waals surface area contributed by atoms with Gasteiger partial charge in [-0.15, -0.1) is 0 Å². The highest BCUT2D eigenvalue weighted by atomic mass is 32.2. The first-order valence-corrected chi connectivity index (χ1v) is 7.52. The highest BCUT2D eigenvalue weighted by Crippen LogP contribution is 2.39. The fourth-order valence-corrected chi connectivity index (χ4v) is 4.18. The predicted octanol–water partition coefficient (Wildman–Crippen LogP) is 2.01. The summed E-state index contributed by atoms with van der Waals surface area (Å²) in [5.41, 5.74) is -0.0408. The van der Waals surface area contributed by atoms with Gasteiger partial charge in [-0.2, -0.15) is 11.8 Å². The summed E-state index contributed by atoms with van der Waals surface area (Å²) in [5.74, 6) is -0.124. The van der Waals surface area contributed by atoms with Gasteiger partial charge in [-0.3, -0.25) is 4.79 Å². The molecule has 2 saturated heterocycles. The van der Waals surface area contributed by atoms with Gasteiger partial charge < -0.3 is 14.2 Å². The van der Waals surface area contributed by atoms with Crippen LogP contribution in [0.2, 0.25) is 0 Å². The summed E-state index contributed by atoms with van der Waals surface area (Å²) in [5, 5.41) is 0.875. The van der Waals surface area contributed by atoms with E-state index in [0.717, 1.165) is 39.1 Å². The topological polar surface area (TPSA) is 44.8 Å². The van der Waals surface area contributed by atoms with Crippen molar-refractivity contribution >= 4 is 17.7 Å². The molecule has 0 aromatic heterocycles. The van der Waals surface area contributed by atoms with Crippen molar-refractivity contribution in [2.45, 2.75) is 48.7 Å². The summed E-state index contributed by atoms with van der Waals surface area (Å²) in [6.45, 7) is 4.45. The molecule has 0 N–H and O–H groups in total. The van der Waals surface area contributed by atoms with Crippen LogP contribution in [-0.4, -0.2) is 49.0 Å².